The zero-order valence-electron chi connectivity index (χ0n) is 10.8. The van der Waals surface area contributed by atoms with Crippen LogP contribution in [0.5, 0.6) is 0 Å². The van der Waals surface area contributed by atoms with Gasteiger partial charge in [-0.25, -0.2) is 4.84 Å². The molecule has 0 aliphatic rings. The zero-order valence-corrected chi connectivity index (χ0v) is 11.5. The molecule has 0 radical (unpaired) electrons. The van der Waals surface area contributed by atoms with Gasteiger partial charge in [0.25, 0.3) is 0 Å². The standard InChI is InChI=1S/C12H27ClN2/c1-5-7-9-15(10-8-6-2)11-12(3,4)14-13/h14H,5-11H2,1-4H3. The number of hydrogen-bond acceptors (Lipinski definition) is 2. The summed E-state index contributed by atoms with van der Waals surface area (Å²) in [6, 6.07) is 0. The van der Waals surface area contributed by atoms with Crippen LogP contribution in [0.25, 0.3) is 0 Å². The van der Waals surface area contributed by atoms with Crippen molar-refractivity contribution in [1.29, 1.82) is 0 Å². The molecular weight excluding hydrogens is 208 g/mol. The van der Waals surface area contributed by atoms with E-state index in [4.69, 9.17) is 11.8 Å². The largest absolute Gasteiger partial charge is 0.301 e. The number of unbranched alkanes of at least 4 members (excludes halogenated alkanes) is 2. The molecule has 0 saturated heterocycles. The smallest absolute Gasteiger partial charge is 0.0402 e. The third kappa shape index (κ3) is 8.06. The first kappa shape index (κ1) is 15.2. The molecule has 0 spiro atoms. The van der Waals surface area contributed by atoms with Crippen LogP contribution in [0.15, 0.2) is 0 Å². The van der Waals surface area contributed by atoms with Gasteiger partial charge in [0.1, 0.15) is 0 Å². The Morgan fingerprint density at radius 1 is 1.07 bits per heavy atom. The van der Waals surface area contributed by atoms with Crippen molar-refractivity contribution in [2.75, 3.05) is 19.6 Å². The number of nitrogens with zero attached hydrogens (tertiary/aromatic N) is 1. The molecule has 2 nitrogen and oxygen atoms in total. The molecule has 92 valence electrons. The summed E-state index contributed by atoms with van der Waals surface area (Å²) < 4.78 is 0. The lowest BCUT2D eigenvalue weighted by Gasteiger charge is -2.31. The highest BCUT2D eigenvalue weighted by atomic mass is 35.5. The molecule has 0 saturated carbocycles. The first-order chi connectivity index (χ1) is 7.05. The highest BCUT2D eigenvalue weighted by molar-refractivity contribution is 6.13. The maximum absolute atomic E-state index is 5.73. The molecule has 0 rings (SSSR count). The molecule has 0 unspecified atom stereocenters. The molecule has 0 aliphatic carbocycles. The van der Waals surface area contributed by atoms with Crippen molar-refractivity contribution in [2.24, 2.45) is 0 Å². The van der Waals surface area contributed by atoms with Crippen LogP contribution in [0.2, 0.25) is 0 Å². The monoisotopic (exact) mass is 234 g/mol. The summed E-state index contributed by atoms with van der Waals surface area (Å²) in [6.07, 6.45) is 5.08. The average molecular weight is 235 g/mol. The third-order valence-electron chi connectivity index (χ3n) is 2.53. The van der Waals surface area contributed by atoms with Crippen LogP contribution in [0.4, 0.5) is 0 Å². The van der Waals surface area contributed by atoms with Gasteiger partial charge in [0, 0.05) is 12.1 Å². The summed E-state index contributed by atoms with van der Waals surface area (Å²) in [7, 11) is 0. The molecule has 3 heteroatoms. The SMILES string of the molecule is CCCCN(CCCC)CC(C)(C)NCl. The molecule has 0 fully saturated rings. The highest BCUT2D eigenvalue weighted by Crippen LogP contribution is 2.09. The van der Waals surface area contributed by atoms with E-state index in [-0.39, 0.29) is 5.54 Å². The highest BCUT2D eigenvalue weighted by Gasteiger charge is 2.19. The van der Waals surface area contributed by atoms with Gasteiger partial charge >= 0.3 is 0 Å². The summed E-state index contributed by atoms with van der Waals surface area (Å²) in [5.41, 5.74) is 0.00301. The summed E-state index contributed by atoms with van der Waals surface area (Å²) in [4.78, 5) is 5.37. The van der Waals surface area contributed by atoms with Crippen LogP contribution >= 0.6 is 11.8 Å². The van der Waals surface area contributed by atoms with E-state index in [9.17, 15) is 0 Å². The summed E-state index contributed by atoms with van der Waals surface area (Å²) in [6.45, 7) is 12.2. The molecule has 0 aromatic rings. The Morgan fingerprint density at radius 2 is 1.53 bits per heavy atom. The molecular formula is C12H27ClN2. The minimum Gasteiger partial charge on any atom is -0.301 e. The van der Waals surface area contributed by atoms with Crippen molar-refractivity contribution in [3.8, 4) is 0 Å². The minimum absolute atomic E-state index is 0.00301. The van der Waals surface area contributed by atoms with E-state index in [0.29, 0.717) is 0 Å². The van der Waals surface area contributed by atoms with Gasteiger partial charge < -0.3 is 4.90 Å². The first-order valence-corrected chi connectivity index (χ1v) is 6.53. The van der Waals surface area contributed by atoms with Crippen LogP contribution in [0.3, 0.4) is 0 Å². The van der Waals surface area contributed by atoms with Crippen molar-refractivity contribution in [1.82, 2.24) is 9.74 Å². The van der Waals surface area contributed by atoms with Crippen LogP contribution in [-0.4, -0.2) is 30.1 Å². The summed E-state index contributed by atoms with van der Waals surface area (Å²) >= 11 is 5.73. The van der Waals surface area contributed by atoms with E-state index in [1.54, 1.807) is 0 Å². The van der Waals surface area contributed by atoms with Crippen molar-refractivity contribution >= 4 is 11.8 Å². The third-order valence-corrected chi connectivity index (χ3v) is 3.04. The molecule has 0 bridgehead atoms. The lowest BCUT2D eigenvalue weighted by molar-refractivity contribution is 0.211. The lowest BCUT2D eigenvalue weighted by Crippen LogP contribution is -2.46. The van der Waals surface area contributed by atoms with Gasteiger partial charge in [0.15, 0.2) is 0 Å². The van der Waals surface area contributed by atoms with Crippen LogP contribution < -0.4 is 4.84 Å². The van der Waals surface area contributed by atoms with Crippen LogP contribution in [0.1, 0.15) is 53.4 Å². The fraction of sp³-hybridized carbons (Fsp3) is 1.00. The Morgan fingerprint density at radius 3 is 1.87 bits per heavy atom. The molecule has 0 aliphatic heterocycles. The Labute approximate surface area is 100 Å². The molecule has 1 N–H and O–H groups in total. The van der Waals surface area contributed by atoms with Gasteiger partial charge in [0.2, 0.25) is 0 Å². The molecule has 0 aromatic carbocycles. The Hall–Kier alpha value is 0.210. The summed E-state index contributed by atoms with van der Waals surface area (Å²) in [5.74, 6) is 0. The normalized spacial score (nSPS) is 12.4. The van der Waals surface area contributed by atoms with Crippen molar-refractivity contribution in [3.05, 3.63) is 0 Å². The van der Waals surface area contributed by atoms with E-state index in [0.717, 1.165) is 6.54 Å². The molecule has 0 heterocycles. The van der Waals surface area contributed by atoms with E-state index < -0.39 is 0 Å². The predicted octanol–water partition coefficient (Wildman–Crippen LogP) is 3.41. The van der Waals surface area contributed by atoms with Crippen molar-refractivity contribution in [3.63, 3.8) is 0 Å². The predicted molar refractivity (Wildman–Crippen MR) is 69.3 cm³/mol. The Bertz CT molecular complexity index is 141. The zero-order chi connectivity index (χ0) is 11.7. The fourth-order valence-corrected chi connectivity index (χ4v) is 1.68. The lowest BCUT2D eigenvalue weighted by atomic mass is 10.1. The van der Waals surface area contributed by atoms with Crippen LogP contribution in [0, 0.1) is 0 Å². The quantitative estimate of drug-likeness (QED) is 0.615. The van der Waals surface area contributed by atoms with E-state index in [2.05, 4.69) is 37.4 Å². The van der Waals surface area contributed by atoms with Gasteiger partial charge in [0.05, 0.1) is 0 Å². The Balaban J connectivity index is 3.98. The van der Waals surface area contributed by atoms with Gasteiger partial charge in [-0.2, -0.15) is 0 Å². The number of halogens is 1. The molecule has 15 heavy (non-hydrogen) atoms. The Kier molecular flexibility index (Phi) is 8.49. The van der Waals surface area contributed by atoms with E-state index >= 15 is 0 Å². The molecule has 0 aromatic heterocycles. The topological polar surface area (TPSA) is 15.3 Å². The van der Waals surface area contributed by atoms with Crippen molar-refractivity contribution in [2.45, 2.75) is 58.9 Å². The summed E-state index contributed by atoms with van der Waals surface area (Å²) in [5, 5.41) is 0. The van der Waals surface area contributed by atoms with Crippen LogP contribution in [-0.2, 0) is 0 Å². The average Bonchev–Trinajstić information content (AvgIpc) is 2.22. The maximum atomic E-state index is 5.73. The van der Waals surface area contributed by atoms with Gasteiger partial charge in [-0.3, -0.25) is 0 Å². The van der Waals surface area contributed by atoms with Gasteiger partial charge in [-0.1, -0.05) is 26.7 Å². The van der Waals surface area contributed by atoms with Gasteiger partial charge in [-0.15, -0.1) is 0 Å². The minimum atomic E-state index is 0.00301. The first-order valence-electron chi connectivity index (χ1n) is 6.16. The van der Waals surface area contributed by atoms with E-state index in [1.165, 1.54) is 38.8 Å². The van der Waals surface area contributed by atoms with Gasteiger partial charge in [-0.05, 0) is 51.6 Å². The molecule has 0 amide bonds. The van der Waals surface area contributed by atoms with E-state index in [1.807, 2.05) is 0 Å². The number of rotatable bonds is 9. The second kappa shape index (κ2) is 8.37. The second-order valence-corrected chi connectivity index (χ2v) is 5.15. The maximum Gasteiger partial charge on any atom is 0.0402 e. The van der Waals surface area contributed by atoms with Crippen molar-refractivity contribution < 1.29 is 0 Å². The number of nitrogens with one attached hydrogen (secondary N) is 1. The molecule has 0 atom stereocenters. The second-order valence-electron chi connectivity index (χ2n) is 4.96. The fourth-order valence-electron chi connectivity index (χ4n) is 1.62. The number of hydrogen-bond donors (Lipinski definition) is 1.